The summed E-state index contributed by atoms with van der Waals surface area (Å²) in [6.07, 6.45) is 50.3. The Morgan fingerprint density at radius 1 is 0.517 bits per heavy atom. The molecule has 0 aliphatic rings. The van der Waals surface area contributed by atoms with E-state index in [-0.39, 0.29) is 32.0 Å². The highest BCUT2D eigenvalue weighted by molar-refractivity contribution is 7.47. The highest BCUT2D eigenvalue weighted by Gasteiger charge is 2.27. The van der Waals surface area contributed by atoms with Crippen LogP contribution >= 0.6 is 7.82 Å². The highest BCUT2D eigenvalue weighted by Crippen LogP contribution is 2.43. The molecule has 0 saturated heterocycles. The third-order valence-corrected chi connectivity index (χ3v) is 11.3. The van der Waals surface area contributed by atoms with Gasteiger partial charge in [-0.15, -0.1) is 0 Å². The van der Waals surface area contributed by atoms with Gasteiger partial charge in [0.15, 0.2) is 6.10 Å². The predicted octanol–water partition coefficient (Wildman–Crippen LogP) is 14.2. The van der Waals surface area contributed by atoms with E-state index in [1.54, 1.807) is 0 Å². The van der Waals surface area contributed by atoms with Crippen LogP contribution in [-0.2, 0) is 32.7 Å². The smallest absolute Gasteiger partial charge is 0.462 e. The van der Waals surface area contributed by atoms with Gasteiger partial charge in [0.2, 0.25) is 0 Å². The molecule has 9 nitrogen and oxygen atoms in total. The van der Waals surface area contributed by atoms with Gasteiger partial charge in [-0.3, -0.25) is 18.6 Å². The lowest BCUT2D eigenvalue weighted by atomic mass is 10.1. The van der Waals surface area contributed by atoms with Crippen LogP contribution in [0.1, 0.15) is 206 Å². The number of hydrogen-bond donors (Lipinski definition) is 1. The summed E-state index contributed by atoms with van der Waals surface area (Å²) in [6.45, 7) is 4.36. The number of carbonyl (C=O) groups excluding carboxylic acids is 2. The first kappa shape index (κ1) is 58.0. The van der Waals surface area contributed by atoms with Crippen molar-refractivity contribution in [1.82, 2.24) is 0 Å². The Morgan fingerprint density at radius 3 is 1.40 bits per heavy atom. The molecule has 0 amide bonds. The van der Waals surface area contributed by atoms with Gasteiger partial charge in [-0.1, -0.05) is 172 Å². The molecule has 0 aromatic carbocycles. The fraction of sp³-hybridized carbons (Fsp3) is 0.800. The molecule has 10 heteroatoms. The van der Waals surface area contributed by atoms with Crippen LogP contribution in [0.2, 0.25) is 0 Å². The minimum atomic E-state index is -4.39. The van der Waals surface area contributed by atoms with E-state index in [9.17, 15) is 19.0 Å². The summed E-state index contributed by atoms with van der Waals surface area (Å²) >= 11 is 0. The van der Waals surface area contributed by atoms with Gasteiger partial charge in [-0.25, -0.2) is 4.57 Å². The molecule has 1 N–H and O–H groups in total. The summed E-state index contributed by atoms with van der Waals surface area (Å²) in [6, 6.07) is 0. The minimum Gasteiger partial charge on any atom is -0.462 e. The van der Waals surface area contributed by atoms with Crippen molar-refractivity contribution in [2.24, 2.45) is 0 Å². The SMILES string of the molecule is CCCCCCCC/C=C/C/C=C/C/C=C/CCCC(=O)O[C@H](COC(=O)CCCCCCCCCCC/C=C/CCCCCCCC)COP(=O)(O)OCC[N+](C)(C)C. The molecular formula is C50H93NO8P+. The first-order valence-corrected chi connectivity index (χ1v) is 25.9. The molecule has 0 rings (SSSR count). The van der Waals surface area contributed by atoms with Crippen molar-refractivity contribution in [1.29, 1.82) is 0 Å². The molecule has 0 heterocycles. The molecule has 0 radical (unpaired) electrons. The zero-order valence-electron chi connectivity index (χ0n) is 39.4. The van der Waals surface area contributed by atoms with E-state index >= 15 is 0 Å². The standard InChI is InChI=1S/C50H92NO8P/c1-6-8-10-12-14-16-18-20-22-24-25-27-28-30-32-34-36-38-40-42-49(52)56-46-48(47-58-60(54,55)57-45-44-51(3,4)5)59-50(53)43-41-39-37-35-33-31-29-26-23-21-19-17-15-13-11-9-7-2/h20-23,29,31,35,37,48H,6-19,24-28,30,32-34,36,38-47H2,1-5H3/p+1/b22-20+,23-21+,31-29+,37-35+/t48-/m1/s1. The maximum absolute atomic E-state index is 12.7. The largest absolute Gasteiger partial charge is 0.472 e. The third kappa shape index (κ3) is 45.5. The van der Waals surface area contributed by atoms with Crippen molar-refractivity contribution in [3.63, 3.8) is 0 Å². The lowest BCUT2D eigenvalue weighted by molar-refractivity contribution is -0.870. The Balaban J connectivity index is 4.36. The number of allylic oxidation sites excluding steroid dienone is 8. The van der Waals surface area contributed by atoms with E-state index in [0.29, 0.717) is 17.4 Å². The van der Waals surface area contributed by atoms with Crippen molar-refractivity contribution < 1.29 is 42.1 Å². The molecule has 60 heavy (non-hydrogen) atoms. The number of phosphoric ester groups is 1. The van der Waals surface area contributed by atoms with Crippen molar-refractivity contribution in [3.8, 4) is 0 Å². The van der Waals surface area contributed by atoms with E-state index in [4.69, 9.17) is 18.5 Å². The van der Waals surface area contributed by atoms with Crippen LogP contribution in [0.3, 0.4) is 0 Å². The summed E-state index contributed by atoms with van der Waals surface area (Å²) in [7, 11) is 1.44. The normalized spacial score (nSPS) is 13.9. The predicted molar refractivity (Wildman–Crippen MR) is 252 cm³/mol. The fourth-order valence-electron chi connectivity index (χ4n) is 6.50. The van der Waals surface area contributed by atoms with Gasteiger partial charge in [0.1, 0.15) is 19.8 Å². The molecule has 0 spiro atoms. The average Bonchev–Trinajstić information content (AvgIpc) is 3.20. The Labute approximate surface area is 369 Å². The molecule has 350 valence electrons. The second-order valence-electron chi connectivity index (χ2n) is 17.5. The number of ether oxygens (including phenoxy) is 2. The Hall–Kier alpha value is -2.03. The van der Waals surface area contributed by atoms with Crippen LogP contribution in [0.15, 0.2) is 48.6 Å². The van der Waals surface area contributed by atoms with Gasteiger partial charge >= 0.3 is 19.8 Å². The monoisotopic (exact) mass is 867 g/mol. The number of nitrogens with zero attached hydrogens (tertiary/aromatic N) is 1. The van der Waals surface area contributed by atoms with Crippen LogP contribution in [0.25, 0.3) is 0 Å². The second-order valence-corrected chi connectivity index (χ2v) is 18.9. The molecule has 0 aliphatic heterocycles. The van der Waals surface area contributed by atoms with Gasteiger partial charge in [0.05, 0.1) is 27.7 Å². The number of unbranched alkanes of at least 4 members (excludes halogenated alkanes) is 22. The average molecular weight is 867 g/mol. The number of quaternary nitrogens is 1. The zero-order valence-corrected chi connectivity index (χ0v) is 40.3. The maximum Gasteiger partial charge on any atom is 0.472 e. The minimum absolute atomic E-state index is 0.0215. The third-order valence-electron chi connectivity index (χ3n) is 10.3. The molecular weight excluding hydrogens is 774 g/mol. The van der Waals surface area contributed by atoms with E-state index < -0.39 is 26.5 Å². The summed E-state index contributed by atoms with van der Waals surface area (Å²) in [5.74, 6) is -0.859. The zero-order chi connectivity index (χ0) is 44.3. The molecule has 0 saturated carbocycles. The first-order chi connectivity index (χ1) is 29.0. The van der Waals surface area contributed by atoms with Gasteiger partial charge in [0, 0.05) is 12.8 Å². The van der Waals surface area contributed by atoms with Crippen LogP contribution < -0.4 is 0 Å². The van der Waals surface area contributed by atoms with Crippen LogP contribution in [0.4, 0.5) is 0 Å². The van der Waals surface area contributed by atoms with Crippen molar-refractivity contribution in [2.75, 3.05) is 47.5 Å². The van der Waals surface area contributed by atoms with Gasteiger partial charge in [0.25, 0.3) is 0 Å². The van der Waals surface area contributed by atoms with Gasteiger partial charge in [-0.05, 0) is 70.6 Å². The fourth-order valence-corrected chi connectivity index (χ4v) is 7.24. The van der Waals surface area contributed by atoms with Gasteiger partial charge in [-0.2, -0.15) is 0 Å². The molecule has 0 bridgehead atoms. The maximum atomic E-state index is 12.7. The molecule has 0 aromatic rings. The Bertz CT molecular complexity index is 1160. The van der Waals surface area contributed by atoms with E-state index in [2.05, 4.69) is 62.5 Å². The lowest BCUT2D eigenvalue weighted by Crippen LogP contribution is -2.37. The lowest BCUT2D eigenvalue weighted by Gasteiger charge is -2.24. The number of esters is 2. The number of hydrogen-bond acceptors (Lipinski definition) is 7. The van der Waals surface area contributed by atoms with Crippen LogP contribution in [-0.4, -0.2) is 74.9 Å². The Kier molecular flexibility index (Phi) is 40.8. The summed E-state index contributed by atoms with van der Waals surface area (Å²) in [5, 5.41) is 0. The Morgan fingerprint density at radius 2 is 0.917 bits per heavy atom. The summed E-state index contributed by atoms with van der Waals surface area (Å²) in [5.41, 5.74) is 0. The van der Waals surface area contributed by atoms with Crippen LogP contribution in [0.5, 0.6) is 0 Å². The van der Waals surface area contributed by atoms with E-state index in [1.807, 2.05) is 21.1 Å². The molecule has 2 atom stereocenters. The van der Waals surface area contributed by atoms with Crippen molar-refractivity contribution in [3.05, 3.63) is 48.6 Å². The molecule has 0 aliphatic carbocycles. The summed E-state index contributed by atoms with van der Waals surface area (Å²) < 4.78 is 34.3. The number of likely N-dealkylation sites (N-methyl/N-ethyl adjacent to an activating group) is 1. The van der Waals surface area contributed by atoms with Crippen LogP contribution in [0, 0.1) is 0 Å². The summed E-state index contributed by atoms with van der Waals surface area (Å²) in [4.78, 5) is 35.4. The number of rotatable bonds is 44. The first-order valence-electron chi connectivity index (χ1n) is 24.4. The van der Waals surface area contributed by atoms with Crippen molar-refractivity contribution >= 4 is 19.8 Å². The van der Waals surface area contributed by atoms with Gasteiger partial charge < -0.3 is 18.9 Å². The van der Waals surface area contributed by atoms with E-state index in [1.165, 1.54) is 128 Å². The molecule has 0 aromatic heterocycles. The second kappa shape index (κ2) is 42.3. The molecule has 1 unspecified atom stereocenters. The number of phosphoric acid groups is 1. The highest BCUT2D eigenvalue weighted by atomic mass is 31.2. The number of carbonyl (C=O) groups is 2. The van der Waals surface area contributed by atoms with E-state index in [0.717, 1.165) is 44.9 Å². The topological polar surface area (TPSA) is 108 Å². The molecule has 0 fully saturated rings. The van der Waals surface area contributed by atoms with Crippen molar-refractivity contribution in [2.45, 2.75) is 213 Å². The quantitative estimate of drug-likeness (QED) is 0.0212.